The maximum Gasteiger partial charge on any atom is 0.408 e. The van der Waals surface area contributed by atoms with Crippen LogP contribution in [0.2, 0.25) is 0 Å². The van der Waals surface area contributed by atoms with Crippen LogP contribution in [0.5, 0.6) is 0 Å². The number of amides is 2. The Morgan fingerprint density at radius 2 is 1.72 bits per heavy atom. The molecule has 2 aromatic carbocycles. The number of aryl methyl sites for hydroxylation is 2. The summed E-state index contributed by atoms with van der Waals surface area (Å²) in [5.41, 5.74) is 3.52. The molecule has 0 bridgehead atoms. The first-order valence-electron chi connectivity index (χ1n) is 7.91. The highest BCUT2D eigenvalue weighted by molar-refractivity contribution is 9.10. The van der Waals surface area contributed by atoms with Gasteiger partial charge < -0.3 is 15.4 Å². The third-order valence-corrected chi connectivity index (χ3v) is 4.14. The Balaban J connectivity index is 1.89. The molecule has 6 heteroatoms. The van der Waals surface area contributed by atoms with Gasteiger partial charge in [0.15, 0.2) is 0 Å². The number of hydrogen-bond donors (Lipinski definition) is 2. The summed E-state index contributed by atoms with van der Waals surface area (Å²) in [7, 11) is 0. The molecule has 0 unspecified atom stereocenters. The summed E-state index contributed by atoms with van der Waals surface area (Å²) in [4.78, 5) is 24.2. The van der Waals surface area contributed by atoms with E-state index in [0.717, 1.165) is 26.9 Å². The minimum Gasteiger partial charge on any atom is -0.445 e. The highest BCUT2D eigenvalue weighted by Gasteiger charge is 2.18. The first kappa shape index (κ1) is 19.0. The number of rotatable bonds is 5. The average molecular weight is 405 g/mol. The van der Waals surface area contributed by atoms with E-state index in [1.807, 2.05) is 56.3 Å². The van der Waals surface area contributed by atoms with Crippen molar-refractivity contribution in [3.05, 3.63) is 63.6 Å². The van der Waals surface area contributed by atoms with Gasteiger partial charge in [-0.3, -0.25) is 4.79 Å². The first-order valence-corrected chi connectivity index (χ1v) is 8.71. The van der Waals surface area contributed by atoms with Crippen molar-refractivity contribution in [3.8, 4) is 0 Å². The predicted octanol–water partition coefficient (Wildman–Crippen LogP) is 4.32. The smallest absolute Gasteiger partial charge is 0.408 e. The highest BCUT2D eigenvalue weighted by atomic mass is 79.9. The maximum atomic E-state index is 12.3. The summed E-state index contributed by atoms with van der Waals surface area (Å²) in [6.07, 6.45) is -0.629. The molecule has 0 saturated heterocycles. The predicted molar refractivity (Wildman–Crippen MR) is 101 cm³/mol. The molecular weight excluding hydrogens is 384 g/mol. The number of nitrogens with one attached hydrogen (secondary N) is 2. The van der Waals surface area contributed by atoms with Crippen LogP contribution < -0.4 is 10.6 Å². The zero-order valence-corrected chi connectivity index (χ0v) is 16.0. The van der Waals surface area contributed by atoms with Gasteiger partial charge in [-0.25, -0.2) is 4.79 Å². The Morgan fingerprint density at radius 1 is 1.12 bits per heavy atom. The van der Waals surface area contributed by atoms with Crippen molar-refractivity contribution < 1.29 is 14.3 Å². The zero-order valence-electron chi connectivity index (χ0n) is 14.4. The molecule has 2 rings (SSSR count). The second kappa shape index (κ2) is 8.67. The van der Waals surface area contributed by atoms with Crippen LogP contribution in [0.4, 0.5) is 10.5 Å². The molecule has 0 aliphatic rings. The van der Waals surface area contributed by atoms with E-state index in [4.69, 9.17) is 4.74 Å². The van der Waals surface area contributed by atoms with Crippen molar-refractivity contribution in [2.45, 2.75) is 33.4 Å². The second-order valence-electron chi connectivity index (χ2n) is 5.83. The number of carbonyl (C=O) groups is 2. The lowest BCUT2D eigenvalue weighted by Crippen LogP contribution is -2.42. The lowest BCUT2D eigenvalue weighted by molar-refractivity contribution is -0.117. The molecule has 2 N–H and O–H groups in total. The first-order chi connectivity index (χ1) is 11.9. The molecule has 132 valence electrons. The zero-order chi connectivity index (χ0) is 18.4. The molecule has 25 heavy (non-hydrogen) atoms. The van der Waals surface area contributed by atoms with E-state index in [1.54, 1.807) is 6.92 Å². The Kier molecular flexibility index (Phi) is 6.58. The standard InChI is InChI=1S/C19H21BrN2O3/c1-12-9-16(20)10-13(2)17(12)22-18(23)14(3)21-19(24)25-11-15-7-5-4-6-8-15/h4-10,14H,11H2,1-3H3,(H,21,24)(H,22,23)/t14-/m0/s1. The van der Waals surface area contributed by atoms with Crippen molar-refractivity contribution in [1.29, 1.82) is 0 Å². The molecule has 5 nitrogen and oxygen atoms in total. The molecule has 0 heterocycles. The molecule has 1 atom stereocenters. The molecule has 0 aromatic heterocycles. The fraction of sp³-hybridized carbons (Fsp3) is 0.263. The molecule has 2 aromatic rings. The van der Waals surface area contributed by atoms with E-state index in [9.17, 15) is 9.59 Å². The highest BCUT2D eigenvalue weighted by Crippen LogP contribution is 2.25. The van der Waals surface area contributed by atoms with Crippen molar-refractivity contribution in [2.75, 3.05) is 5.32 Å². The van der Waals surface area contributed by atoms with Crippen molar-refractivity contribution in [3.63, 3.8) is 0 Å². The lowest BCUT2D eigenvalue weighted by atomic mass is 10.1. The van der Waals surface area contributed by atoms with Crippen molar-refractivity contribution in [2.24, 2.45) is 0 Å². The topological polar surface area (TPSA) is 67.4 Å². The molecule has 0 saturated carbocycles. The van der Waals surface area contributed by atoms with Crippen LogP contribution in [0.3, 0.4) is 0 Å². The van der Waals surface area contributed by atoms with E-state index in [1.165, 1.54) is 0 Å². The molecule has 0 spiro atoms. The van der Waals surface area contributed by atoms with Crippen LogP contribution in [0.1, 0.15) is 23.6 Å². The Labute approximate surface area is 155 Å². The van der Waals surface area contributed by atoms with Gasteiger partial charge in [-0.15, -0.1) is 0 Å². The summed E-state index contributed by atoms with van der Waals surface area (Å²) in [6.45, 7) is 5.60. The number of anilines is 1. The summed E-state index contributed by atoms with van der Waals surface area (Å²) in [5.74, 6) is -0.301. The summed E-state index contributed by atoms with van der Waals surface area (Å²) in [6, 6.07) is 12.5. The third kappa shape index (κ3) is 5.60. The van der Waals surface area contributed by atoms with Gasteiger partial charge in [0.25, 0.3) is 0 Å². The number of carbonyl (C=O) groups excluding carboxylic acids is 2. The molecule has 0 aliphatic carbocycles. The van der Waals surface area contributed by atoms with Gasteiger partial charge in [0, 0.05) is 10.2 Å². The Hall–Kier alpha value is -2.34. The van der Waals surface area contributed by atoms with E-state index in [-0.39, 0.29) is 12.5 Å². The lowest BCUT2D eigenvalue weighted by Gasteiger charge is -2.17. The fourth-order valence-corrected chi connectivity index (χ4v) is 3.03. The number of hydrogen-bond acceptors (Lipinski definition) is 3. The van der Waals surface area contributed by atoms with Gasteiger partial charge >= 0.3 is 6.09 Å². The normalized spacial score (nSPS) is 11.5. The molecule has 0 radical (unpaired) electrons. The van der Waals surface area contributed by atoms with Crippen LogP contribution >= 0.6 is 15.9 Å². The van der Waals surface area contributed by atoms with Gasteiger partial charge in [-0.1, -0.05) is 46.3 Å². The Morgan fingerprint density at radius 3 is 2.32 bits per heavy atom. The van der Waals surface area contributed by atoms with Gasteiger partial charge in [-0.05, 0) is 49.6 Å². The van der Waals surface area contributed by atoms with Gasteiger partial charge in [-0.2, -0.15) is 0 Å². The Bertz CT molecular complexity index is 740. The third-order valence-electron chi connectivity index (χ3n) is 3.69. The quantitative estimate of drug-likeness (QED) is 0.779. The van der Waals surface area contributed by atoms with Gasteiger partial charge in [0.05, 0.1) is 0 Å². The SMILES string of the molecule is Cc1cc(Br)cc(C)c1NC(=O)[C@H](C)NC(=O)OCc1ccccc1. The van der Waals surface area contributed by atoms with Crippen LogP contribution in [-0.2, 0) is 16.1 Å². The largest absolute Gasteiger partial charge is 0.445 e. The summed E-state index contributed by atoms with van der Waals surface area (Å²) < 4.78 is 6.08. The molecule has 0 fully saturated rings. The van der Waals surface area contributed by atoms with E-state index >= 15 is 0 Å². The van der Waals surface area contributed by atoms with Crippen LogP contribution in [0, 0.1) is 13.8 Å². The second-order valence-corrected chi connectivity index (χ2v) is 6.75. The molecule has 2 amide bonds. The maximum absolute atomic E-state index is 12.3. The van der Waals surface area contributed by atoms with E-state index < -0.39 is 12.1 Å². The molecule has 0 aliphatic heterocycles. The molecular formula is C19H21BrN2O3. The number of ether oxygens (including phenoxy) is 1. The monoisotopic (exact) mass is 404 g/mol. The van der Waals surface area contributed by atoms with Crippen LogP contribution in [0.15, 0.2) is 46.9 Å². The van der Waals surface area contributed by atoms with E-state index in [0.29, 0.717) is 0 Å². The van der Waals surface area contributed by atoms with E-state index in [2.05, 4.69) is 26.6 Å². The van der Waals surface area contributed by atoms with Crippen molar-refractivity contribution in [1.82, 2.24) is 5.32 Å². The number of halogens is 1. The fourth-order valence-electron chi connectivity index (χ4n) is 2.35. The van der Waals surface area contributed by atoms with Gasteiger partial charge in [0.2, 0.25) is 5.91 Å². The minimum absolute atomic E-state index is 0.159. The average Bonchev–Trinajstić information content (AvgIpc) is 2.57. The van der Waals surface area contributed by atoms with Gasteiger partial charge in [0.1, 0.15) is 12.6 Å². The summed E-state index contributed by atoms with van der Waals surface area (Å²) in [5, 5.41) is 5.39. The van der Waals surface area contributed by atoms with Crippen molar-refractivity contribution >= 4 is 33.6 Å². The summed E-state index contributed by atoms with van der Waals surface area (Å²) >= 11 is 3.43. The van der Waals surface area contributed by atoms with Crippen LogP contribution in [-0.4, -0.2) is 18.0 Å². The van der Waals surface area contributed by atoms with Crippen LogP contribution in [0.25, 0.3) is 0 Å². The number of alkyl carbamates (subject to hydrolysis) is 1. The number of benzene rings is 2. The minimum atomic E-state index is -0.717.